The van der Waals surface area contributed by atoms with Gasteiger partial charge >= 0.3 is 5.97 Å². The molecule has 0 radical (unpaired) electrons. The molecule has 1 saturated carbocycles. The lowest BCUT2D eigenvalue weighted by molar-refractivity contribution is -0.142. The standard InChI is InChI=1S/C16H19NO3S/c1-10-14(11-5-3-2-4-6-11)17(7-8-21-10)15(18)12-9-13(12)16(19)20/h2-6,10,12-14H,7-9H2,1H3,(H,19,20). The molecule has 1 aromatic carbocycles. The van der Waals surface area contributed by atoms with Crippen LogP contribution in [0.5, 0.6) is 0 Å². The average molecular weight is 305 g/mol. The van der Waals surface area contributed by atoms with Crippen LogP contribution >= 0.6 is 11.8 Å². The first-order chi connectivity index (χ1) is 10.1. The van der Waals surface area contributed by atoms with E-state index in [0.717, 1.165) is 11.3 Å². The minimum atomic E-state index is -0.843. The number of thioether (sulfide) groups is 1. The lowest BCUT2D eigenvalue weighted by atomic mass is 10.0. The Hall–Kier alpha value is -1.49. The molecule has 112 valence electrons. The highest BCUT2D eigenvalue weighted by molar-refractivity contribution is 8.00. The Bertz CT molecular complexity index is 548. The predicted molar refractivity (Wildman–Crippen MR) is 82.0 cm³/mol. The third-order valence-electron chi connectivity index (χ3n) is 4.34. The lowest BCUT2D eigenvalue weighted by Gasteiger charge is -2.40. The van der Waals surface area contributed by atoms with Gasteiger partial charge in [-0.25, -0.2) is 0 Å². The van der Waals surface area contributed by atoms with Crippen LogP contribution in [0.25, 0.3) is 0 Å². The average Bonchev–Trinajstić information content (AvgIpc) is 3.28. The number of hydrogen-bond acceptors (Lipinski definition) is 3. The van der Waals surface area contributed by atoms with Crippen LogP contribution in [0.3, 0.4) is 0 Å². The highest BCUT2D eigenvalue weighted by atomic mass is 32.2. The molecule has 4 atom stereocenters. The minimum Gasteiger partial charge on any atom is -0.481 e. The van der Waals surface area contributed by atoms with Gasteiger partial charge in [0.25, 0.3) is 0 Å². The number of aliphatic carboxylic acids is 1. The van der Waals surface area contributed by atoms with Crippen LogP contribution in [0.15, 0.2) is 30.3 Å². The van der Waals surface area contributed by atoms with E-state index in [9.17, 15) is 9.59 Å². The van der Waals surface area contributed by atoms with Gasteiger partial charge in [-0.05, 0) is 12.0 Å². The van der Waals surface area contributed by atoms with Crippen LogP contribution < -0.4 is 0 Å². The van der Waals surface area contributed by atoms with Gasteiger partial charge in [0.05, 0.1) is 17.9 Å². The quantitative estimate of drug-likeness (QED) is 0.931. The summed E-state index contributed by atoms with van der Waals surface area (Å²) in [6.45, 7) is 2.85. The molecule has 0 bridgehead atoms. The smallest absolute Gasteiger partial charge is 0.307 e. The third-order valence-corrected chi connectivity index (χ3v) is 5.54. The molecule has 1 aliphatic heterocycles. The summed E-state index contributed by atoms with van der Waals surface area (Å²) in [5.74, 6) is -0.698. The van der Waals surface area contributed by atoms with Crippen molar-refractivity contribution in [2.45, 2.75) is 24.6 Å². The van der Waals surface area contributed by atoms with Crippen LogP contribution in [0.2, 0.25) is 0 Å². The highest BCUT2D eigenvalue weighted by Gasteiger charge is 2.51. The van der Waals surface area contributed by atoms with E-state index in [-0.39, 0.29) is 17.9 Å². The maximum absolute atomic E-state index is 12.7. The molecule has 1 aliphatic carbocycles. The van der Waals surface area contributed by atoms with Gasteiger partial charge in [-0.1, -0.05) is 37.3 Å². The van der Waals surface area contributed by atoms with E-state index in [1.165, 1.54) is 0 Å². The molecule has 1 N–H and O–H groups in total. The number of hydrogen-bond donors (Lipinski definition) is 1. The Kier molecular flexibility index (Phi) is 3.93. The van der Waals surface area contributed by atoms with Crippen molar-refractivity contribution in [2.75, 3.05) is 12.3 Å². The highest BCUT2D eigenvalue weighted by Crippen LogP contribution is 2.44. The molecule has 2 aliphatic rings. The summed E-state index contributed by atoms with van der Waals surface area (Å²) >= 11 is 1.87. The van der Waals surface area contributed by atoms with E-state index < -0.39 is 11.9 Å². The fraction of sp³-hybridized carbons (Fsp3) is 0.500. The van der Waals surface area contributed by atoms with Gasteiger partial charge < -0.3 is 10.0 Å². The Morgan fingerprint density at radius 3 is 2.57 bits per heavy atom. The molecule has 1 saturated heterocycles. The summed E-state index contributed by atoms with van der Waals surface area (Å²) in [6, 6.07) is 10.1. The second-order valence-corrected chi connectivity index (χ2v) is 7.24. The Labute approximate surface area is 128 Å². The summed E-state index contributed by atoms with van der Waals surface area (Å²) in [7, 11) is 0. The topological polar surface area (TPSA) is 57.6 Å². The molecule has 2 fully saturated rings. The fourth-order valence-electron chi connectivity index (χ4n) is 3.12. The summed E-state index contributed by atoms with van der Waals surface area (Å²) in [4.78, 5) is 25.6. The molecule has 0 aromatic heterocycles. The van der Waals surface area contributed by atoms with Crippen molar-refractivity contribution in [3.63, 3.8) is 0 Å². The van der Waals surface area contributed by atoms with Crippen LogP contribution in [0, 0.1) is 11.8 Å². The monoisotopic (exact) mass is 305 g/mol. The van der Waals surface area contributed by atoms with Gasteiger partial charge in [0.2, 0.25) is 5.91 Å². The summed E-state index contributed by atoms with van der Waals surface area (Å²) in [5.41, 5.74) is 1.14. The first-order valence-corrected chi connectivity index (χ1v) is 8.34. The zero-order chi connectivity index (χ0) is 15.0. The lowest BCUT2D eigenvalue weighted by Crippen LogP contribution is -2.45. The van der Waals surface area contributed by atoms with Crippen LogP contribution in [0.1, 0.15) is 24.9 Å². The Morgan fingerprint density at radius 2 is 1.95 bits per heavy atom. The van der Waals surface area contributed by atoms with Crippen molar-refractivity contribution < 1.29 is 14.7 Å². The maximum atomic E-state index is 12.7. The summed E-state index contributed by atoms with van der Waals surface area (Å²) in [6.07, 6.45) is 0.494. The molecule has 0 spiro atoms. The molecule has 4 nitrogen and oxygen atoms in total. The molecule has 1 amide bonds. The van der Waals surface area contributed by atoms with Crippen molar-refractivity contribution in [3.8, 4) is 0 Å². The van der Waals surface area contributed by atoms with Gasteiger partial charge in [0.1, 0.15) is 0 Å². The Morgan fingerprint density at radius 1 is 1.24 bits per heavy atom. The fourth-order valence-corrected chi connectivity index (χ4v) is 4.28. The van der Waals surface area contributed by atoms with E-state index in [2.05, 4.69) is 19.1 Å². The number of benzene rings is 1. The zero-order valence-electron chi connectivity index (χ0n) is 11.9. The van der Waals surface area contributed by atoms with E-state index in [0.29, 0.717) is 18.2 Å². The second-order valence-electron chi connectivity index (χ2n) is 5.75. The number of carbonyl (C=O) groups excluding carboxylic acids is 1. The number of rotatable bonds is 3. The van der Waals surface area contributed by atoms with Crippen molar-refractivity contribution in [2.24, 2.45) is 11.8 Å². The molecule has 5 heteroatoms. The summed E-state index contributed by atoms with van der Waals surface area (Å²) in [5, 5.41) is 9.36. The van der Waals surface area contributed by atoms with Crippen LogP contribution in [-0.2, 0) is 9.59 Å². The van der Waals surface area contributed by atoms with Crippen molar-refractivity contribution in [1.29, 1.82) is 0 Å². The molecular formula is C16H19NO3S. The van der Waals surface area contributed by atoms with Crippen molar-refractivity contribution in [1.82, 2.24) is 4.90 Å². The SMILES string of the molecule is CC1SCCN(C(=O)C2CC2C(=O)O)C1c1ccccc1. The molecule has 4 unspecified atom stereocenters. The van der Waals surface area contributed by atoms with E-state index in [1.54, 1.807) is 0 Å². The van der Waals surface area contributed by atoms with E-state index in [4.69, 9.17) is 5.11 Å². The van der Waals surface area contributed by atoms with Gasteiger partial charge in [0.15, 0.2) is 0 Å². The van der Waals surface area contributed by atoms with Crippen LogP contribution in [0.4, 0.5) is 0 Å². The Balaban J connectivity index is 1.82. The first-order valence-electron chi connectivity index (χ1n) is 7.29. The normalized spacial score (nSPS) is 31.8. The van der Waals surface area contributed by atoms with Crippen molar-refractivity contribution in [3.05, 3.63) is 35.9 Å². The number of amides is 1. The predicted octanol–water partition coefficient (Wildman–Crippen LogP) is 2.41. The van der Waals surface area contributed by atoms with E-state index >= 15 is 0 Å². The third kappa shape index (κ3) is 2.79. The number of carbonyl (C=O) groups is 2. The molecule has 1 aromatic rings. The largest absolute Gasteiger partial charge is 0.481 e. The zero-order valence-corrected chi connectivity index (χ0v) is 12.8. The maximum Gasteiger partial charge on any atom is 0.307 e. The van der Waals surface area contributed by atoms with Gasteiger partial charge in [-0.2, -0.15) is 11.8 Å². The van der Waals surface area contributed by atoms with Gasteiger partial charge in [-0.3, -0.25) is 9.59 Å². The molecule has 3 rings (SSSR count). The first kappa shape index (κ1) is 14.4. The van der Waals surface area contributed by atoms with Gasteiger partial charge in [-0.15, -0.1) is 0 Å². The van der Waals surface area contributed by atoms with Gasteiger partial charge in [0, 0.05) is 17.5 Å². The number of carboxylic acid groups (broad SMARTS) is 1. The molecule has 1 heterocycles. The van der Waals surface area contributed by atoms with Crippen molar-refractivity contribution >= 4 is 23.6 Å². The number of nitrogens with zero attached hydrogens (tertiary/aromatic N) is 1. The number of carboxylic acids is 1. The van der Waals surface area contributed by atoms with E-state index in [1.807, 2.05) is 34.9 Å². The molecule has 21 heavy (non-hydrogen) atoms. The minimum absolute atomic E-state index is 0.0170. The van der Waals surface area contributed by atoms with Crippen LogP contribution in [-0.4, -0.2) is 39.4 Å². The summed E-state index contributed by atoms with van der Waals surface area (Å²) < 4.78 is 0. The second kappa shape index (κ2) is 5.72. The molecular weight excluding hydrogens is 286 g/mol.